The van der Waals surface area contributed by atoms with E-state index in [-0.39, 0.29) is 24.9 Å². The van der Waals surface area contributed by atoms with E-state index in [4.69, 9.17) is 18.7 Å². The van der Waals surface area contributed by atoms with Crippen molar-refractivity contribution in [1.82, 2.24) is 5.16 Å². The van der Waals surface area contributed by atoms with Crippen LogP contribution >= 0.6 is 0 Å². The van der Waals surface area contributed by atoms with Gasteiger partial charge in [0.2, 0.25) is 5.91 Å². The molecule has 0 saturated carbocycles. The van der Waals surface area contributed by atoms with Gasteiger partial charge < -0.3 is 23.6 Å². The molecule has 8 heteroatoms. The quantitative estimate of drug-likeness (QED) is 0.474. The number of esters is 1. The predicted molar refractivity (Wildman–Crippen MR) is 125 cm³/mol. The lowest BCUT2D eigenvalue weighted by molar-refractivity contribution is -0.152. The van der Waals surface area contributed by atoms with Gasteiger partial charge in [0.25, 0.3) is 0 Å². The van der Waals surface area contributed by atoms with Gasteiger partial charge in [-0.2, -0.15) is 0 Å². The molecule has 1 saturated heterocycles. The van der Waals surface area contributed by atoms with E-state index in [1.165, 1.54) is 0 Å². The standard InChI is InChI=1S/C26H28N2O6/c1-16-22(17(2)34-27-16)15-33-26(30)21-13-14-24(29)28(18-9-11-19(31-3)12-10-18)25(21)20-7-5-6-8-23(20)32-4/h5-12,21,25H,13-15H2,1-4H3. The van der Waals surface area contributed by atoms with Crippen molar-refractivity contribution >= 4 is 17.6 Å². The normalized spacial score (nSPS) is 18.0. The second-order valence-electron chi connectivity index (χ2n) is 8.20. The summed E-state index contributed by atoms with van der Waals surface area (Å²) in [4.78, 5) is 28.3. The Morgan fingerprint density at radius 2 is 1.82 bits per heavy atom. The summed E-state index contributed by atoms with van der Waals surface area (Å²) in [5, 5.41) is 3.92. The van der Waals surface area contributed by atoms with Crippen LogP contribution in [0.25, 0.3) is 0 Å². The summed E-state index contributed by atoms with van der Waals surface area (Å²) >= 11 is 0. The maximum atomic E-state index is 13.4. The lowest BCUT2D eigenvalue weighted by Gasteiger charge is -2.40. The molecule has 2 unspecified atom stereocenters. The highest BCUT2D eigenvalue weighted by Crippen LogP contribution is 2.43. The summed E-state index contributed by atoms with van der Waals surface area (Å²) in [5.74, 6) is 0.848. The van der Waals surface area contributed by atoms with Gasteiger partial charge in [0.05, 0.1) is 37.4 Å². The van der Waals surface area contributed by atoms with Gasteiger partial charge in [0.1, 0.15) is 23.9 Å². The molecule has 1 aromatic heterocycles. The van der Waals surface area contributed by atoms with Gasteiger partial charge >= 0.3 is 5.97 Å². The average molecular weight is 465 g/mol. The van der Waals surface area contributed by atoms with Crippen molar-refractivity contribution in [3.63, 3.8) is 0 Å². The number of rotatable bonds is 7. The number of benzene rings is 2. The van der Waals surface area contributed by atoms with E-state index in [2.05, 4.69) is 5.16 Å². The molecule has 0 aliphatic carbocycles. The zero-order valence-corrected chi connectivity index (χ0v) is 19.7. The van der Waals surface area contributed by atoms with Crippen LogP contribution in [0, 0.1) is 19.8 Å². The number of anilines is 1. The van der Waals surface area contributed by atoms with E-state index in [9.17, 15) is 9.59 Å². The van der Waals surface area contributed by atoms with Crippen LogP contribution in [-0.2, 0) is 20.9 Å². The van der Waals surface area contributed by atoms with Gasteiger partial charge in [-0.05, 0) is 50.6 Å². The monoisotopic (exact) mass is 464 g/mol. The molecule has 2 aromatic carbocycles. The van der Waals surface area contributed by atoms with Crippen molar-refractivity contribution in [3.8, 4) is 11.5 Å². The van der Waals surface area contributed by atoms with Gasteiger partial charge in [-0.1, -0.05) is 23.4 Å². The molecule has 1 aliphatic heterocycles. The highest BCUT2D eigenvalue weighted by molar-refractivity contribution is 5.97. The topological polar surface area (TPSA) is 91.1 Å². The summed E-state index contributed by atoms with van der Waals surface area (Å²) in [6.45, 7) is 3.65. The Morgan fingerprint density at radius 1 is 1.09 bits per heavy atom. The number of hydrogen-bond donors (Lipinski definition) is 0. The second kappa shape index (κ2) is 9.99. The average Bonchev–Trinajstić information content (AvgIpc) is 3.19. The number of methoxy groups -OCH3 is 2. The number of nitrogens with zero attached hydrogens (tertiary/aromatic N) is 2. The molecule has 34 heavy (non-hydrogen) atoms. The van der Waals surface area contributed by atoms with Gasteiger partial charge in [-0.25, -0.2) is 0 Å². The zero-order valence-electron chi connectivity index (χ0n) is 19.7. The highest BCUT2D eigenvalue weighted by atomic mass is 16.5. The fraction of sp³-hybridized carbons (Fsp3) is 0.346. The smallest absolute Gasteiger partial charge is 0.311 e. The molecule has 1 aliphatic rings. The lowest BCUT2D eigenvalue weighted by Crippen LogP contribution is -2.46. The van der Waals surface area contributed by atoms with Crippen LogP contribution in [0.1, 0.15) is 41.5 Å². The number of hydrogen-bond acceptors (Lipinski definition) is 7. The lowest BCUT2D eigenvalue weighted by atomic mass is 9.83. The van der Waals surface area contributed by atoms with Crippen molar-refractivity contribution in [2.75, 3.05) is 19.1 Å². The Morgan fingerprint density at radius 3 is 2.47 bits per heavy atom. The number of amides is 1. The first-order chi connectivity index (χ1) is 16.4. The molecule has 0 spiro atoms. The Balaban J connectivity index is 1.71. The predicted octanol–water partition coefficient (Wildman–Crippen LogP) is 4.54. The van der Waals surface area contributed by atoms with Crippen molar-refractivity contribution in [2.45, 2.75) is 39.3 Å². The van der Waals surface area contributed by atoms with Crippen molar-refractivity contribution in [3.05, 3.63) is 71.1 Å². The van der Waals surface area contributed by atoms with Crippen LogP contribution in [0.4, 0.5) is 5.69 Å². The van der Waals surface area contributed by atoms with Gasteiger partial charge in [0, 0.05) is 17.7 Å². The molecule has 1 amide bonds. The minimum atomic E-state index is -0.594. The molecule has 3 aromatic rings. The highest BCUT2D eigenvalue weighted by Gasteiger charge is 2.43. The second-order valence-corrected chi connectivity index (χ2v) is 8.20. The van der Waals surface area contributed by atoms with Crippen LogP contribution in [0.5, 0.6) is 11.5 Å². The number of para-hydroxylation sites is 1. The van der Waals surface area contributed by atoms with E-state index in [1.807, 2.05) is 43.3 Å². The first-order valence-corrected chi connectivity index (χ1v) is 11.1. The van der Waals surface area contributed by atoms with Crippen LogP contribution in [0.2, 0.25) is 0 Å². The van der Waals surface area contributed by atoms with E-state index in [0.717, 1.165) is 11.1 Å². The minimum Gasteiger partial charge on any atom is -0.497 e. The molecule has 2 atom stereocenters. The first kappa shape index (κ1) is 23.4. The fourth-order valence-corrected chi connectivity index (χ4v) is 4.41. The molecule has 0 radical (unpaired) electrons. The first-order valence-electron chi connectivity index (χ1n) is 11.1. The maximum Gasteiger partial charge on any atom is 0.311 e. The van der Waals surface area contributed by atoms with Crippen molar-refractivity contribution < 1.29 is 28.3 Å². The number of carbonyl (C=O) groups excluding carboxylic acids is 2. The third kappa shape index (κ3) is 4.48. The van der Waals surface area contributed by atoms with E-state index in [1.54, 1.807) is 38.2 Å². The molecule has 1 fully saturated rings. The zero-order chi connectivity index (χ0) is 24.2. The summed E-state index contributed by atoms with van der Waals surface area (Å²) in [7, 11) is 3.16. The summed E-state index contributed by atoms with van der Waals surface area (Å²) in [6.07, 6.45) is 0.595. The third-order valence-electron chi connectivity index (χ3n) is 6.25. The minimum absolute atomic E-state index is 0.0611. The third-order valence-corrected chi connectivity index (χ3v) is 6.25. The number of carbonyl (C=O) groups is 2. The van der Waals surface area contributed by atoms with Gasteiger partial charge in [-0.3, -0.25) is 9.59 Å². The number of piperidine rings is 1. The Kier molecular flexibility index (Phi) is 6.86. The molecule has 2 heterocycles. The van der Waals surface area contributed by atoms with E-state index >= 15 is 0 Å². The molecule has 0 bridgehead atoms. The molecular formula is C26H28N2O6. The SMILES string of the molecule is COc1ccc(N2C(=O)CCC(C(=O)OCc3c(C)noc3C)C2c2ccccc2OC)cc1. The molecule has 0 N–H and O–H groups in total. The van der Waals surface area contributed by atoms with Crippen molar-refractivity contribution in [1.29, 1.82) is 0 Å². The summed E-state index contributed by atoms with van der Waals surface area (Å²) < 4.78 is 21.8. The summed E-state index contributed by atoms with van der Waals surface area (Å²) in [6, 6.07) is 14.1. The number of aromatic nitrogens is 1. The summed E-state index contributed by atoms with van der Waals surface area (Å²) in [5.41, 5.74) is 2.85. The van der Waals surface area contributed by atoms with Gasteiger partial charge in [-0.15, -0.1) is 0 Å². The molecule has 4 rings (SSSR count). The molecular weight excluding hydrogens is 436 g/mol. The molecule has 8 nitrogen and oxygen atoms in total. The Hall–Kier alpha value is -3.81. The van der Waals surface area contributed by atoms with Crippen LogP contribution < -0.4 is 14.4 Å². The van der Waals surface area contributed by atoms with Crippen molar-refractivity contribution in [2.24, 2.45) is 5.92 Å². The maximum absolute atomic E-state index is 13.4. The fourth-order valence-electron chi connectivity index (χ4n) is 4.41. The van der Waals surface area contributed by atoms with E-state index < -0.39 is 12.0 Å². The molecule has 178 valence electrons. The number of ether oxygens (including phenoxy) is 3. The van der Waals surface area contributed by atoms with Crippen LogP contribution in [0.15, 0.2) is 53.1 Å². The van der Waals surface area contributed by atoms with Crippen LogP contribution in [0.3, 0.4) is 0 Å². The van der Waals surface area contributed by atoms with E-state index in [0.29, 0.717) is 35.1 Å². The Labute approximate surface area is 198 Å². The largest absolute Gasteiger partial charge is 0.497 e. The number of aryl methyl sites for hydroxylation is 2. The van der Waals surface area contributed by atoms with Gasteiger partial charge in [0.15, 0.2) is 0 Å². The Bertz CT molecular complexity index is 1150. The van der Waals surface area contributed by atoms with Crippen LogP contribution in [-0.4, -0.2) is 31.3 Å².